The molecule has 0 atom stereocenters. The largest absolute Gasteiger partial charge is 0.457 e. The summed E-state index contributed by atoms with van der Waals surface area (Å²) in [7, 11) is 2.14. The second kappa shape index (κ2) is 12.0. The maximum absolute atomic E-state index is 6.66. The number of benzene rings is 5. The van der Waals surface area contributed by atoms with E-state index in [1.54, 1.807) is 0 Å². The molecular formula is C47H46N4O. The second-order valence-electron chi connectivity index (χ2n) is 16.0. The number of nitrogens with zero attached hydrogens (tertiary/aromatic N) is 4. The first kappa shape index (κ1) is 32.4. The molecule has 3 heterocycles. The highest BCUT2D eigenvalue weighted by atomic mass is 16.5. The lowest BCUT2D eigenvalue weighted by Gasteiger charge is -2.60. The van der Waals surface area contributed by atoms with Crippen molar-refractivity contribution in [2.45, 2.75) is 52.4 Å². The van der Waals surface area contributed by atoms with Crippen LogP contribution >= 0.6 is 0 Å². The number of hydrogen-bond acceptors (Lipinski definition) is 4. The fraction of sp³-hybridized carbons (Fsp3) is 0.255. The number of fused-ring (bicyclic) bond motifs is 4. The van der Waals surface area contributed by atoms with Gasteiger partial charge in [0.25, 0.3) is 0 Å². The Kier molecular flexibility index (Phi) is 7.48. The van der Waals surface area contributed by atoms with Crippen LogP contribution in [0.15, 0.2) is 140 Å². The van der Waals surface area contributed by atoms with Gasteiger partial charge in [0.1, 0.15) is 17.3 Å². The van der Waals surface area contributed by atoms with Gasteiger partial charge in [-0.15, -0.1) is 0 Å². The summed E-state index contributed by atoms with van der Waals surface area (Å²) >= 11 is 0. The summed E-state index contributed by atoms with van der Waals surface area (Å²) in [4.78, 5) is 9.71. The van der Waals surface area contributed by atoms with Crippen LogP contribution in [0.1, 0.15) is 58.1 Å². The summed E-state index contributed by atoms with van der Waals surface area (Å²) in [5.74, 6) is 2.52. The van der Waals surface area contributed by atoms with Crippen LogP contribution in [0.5, 0.6) is 11.5 Å². The third kappa shape index (κ3) is 4.86. The van der Waals surface area contributed by atoms with E-state index in [4.69, 9.17) is 9.72 Å². The number of aromatic nitrogens is 2. The molecule has 0 spiro atoms. The molecule has 260 valence electrons. The second-order valence-corrected chi connectivity index (χ2v) is 16.0. The summed E-state index contributed by atoms with van der Waals surface area (Å²) in [6.45, 7) is 10.7. The fourth-order valence-corrected chi connectivity index (χ4v) is 10.2. The zero-order valence-corrected chi connectivity index (χ0v) is 30.8. The normalized spacial score (nSPS) is 17.4. The fourth-order valence-electron chi connectivity index (χ4n) is 10.2. The van der Waals surface area contributed by atoms with Crippen molar-refractivity contribution in [3.63, 3.8) is 0 Å². The summed E-state index contributed by atoms with van der Waals surface area (Å²) < 4.78 is 8.99. The first-order valence-electron chi connectivity index (χ1n) is 18.6. The van der Waals surface area contributed by atoms with Gasteiger partial charge < -0.3 is 14.5 Å². The molecule has 0 amide bonds. The number of pyridine rings is 1. The number of hydrogen-bond donors (Lipinski definition) is 0. The van der Waals surface area contributed by atoms with Crippen molar-refractivity contribution in [2.24, 2.45) is 10.8 Å². The van der Waals surface area contributed by atoms with Gasteiger partial charge in [-0.1, -0.05) is 101 Å². The van der Waals surface area contributed by atoms with E-state index in [0.717, 1.165) is 40.7 Å². The molecule has 2 aromatic heterocycles. The van der Waals surface area contributed by atoms with Crippen molar-refractivity contribution < 1.29 is 4.74 Å². The first-order valence-corrected chi connectivity index (χ1v) is 18.6. The van der Waals surface area contributed by atoms with Crippen LogP contribution in [-0.4, -0.2) is 23.3 Å². The standard InChI is InChI=1S/C47H46N4O/c1-45(2)26-14-27-46(3,4)47(45,33-15-7-6-8-16-33)34-25-28-48-44(29-34)51-40-20-10-9-19-38(40)39-24-23-37(31-43(39)51)52-36-18-13-17-35(30-36)50-32-49(5)41-21-11-12-22-42(41)50/h6-13,15-25,28-31H,14,26-27,32H2,1-5H3. The average molecular weight is 683 g/mol. The summed E-state index contributed by atoms with van der Waals surface area (Å²) in [5.41, 5.74) is 8.29. The highest BCUT2D eigenvalue weighted by molar-refractivity contribution is 6.09. The molecule has 0 N–H and O–H groups in total. The van der Waals surface area contributed by atoms with Crippen molar-refractivity contribution in [1.82, 2.24) is 9.55 Å². The molecule has 0 saturated heterocycles. The minimum atomic E-state index is -0.208. The molecule has 0 unspecified atom stereocenters. The van der Waals surface area contributed by atoms with Crippen LogP contribution in [0.3, 0.4) is 0 Å². The molecule has 1 aliphatic carbocycles. The molecule has 5 heteroatoms. The van der Waals surface area contributed by atoms with Gasteiger partial charge in [0.15, 0.2) is 0 Å². The Labute approximate surface area is 307 Å². The molecule has 52 heavy (non-hydrogen) atoms. The van der Waals surface area contributed by atoms with Gasteiger partial charge in [0.2, 0.25) is 0 Å². The molecule has 1 fully saturated rings. The number of anilines is 3. The van der Waals surface area contributed by atoms with Crippen LogP contribution in [0, 0.1) is 10.8 Å². The SMILES string of the molecule is CN1CN(c2cccc(Oc3ccc4c5ccccc5n(-c5cc(C6(c7ccccc7)C(C)(C)CCCC6(C)C)ccn5)c4c3)c2)c2ccccc21. The van der Waals surface area contributed by atoms with Gasteiger partial charge in [-0.25, -0.2) is 4.98 Å². The molecule has 5 nitrogen and oxygen atoms in total. The van der Waals surface area contributed by atoms with Gasteiger partial charge in [0, 0.05) is 47.3 Å². The molecule has 7 aromatic rings. The molecule has 5 aromatic carbocycles. The predicted octanol–water partition coefficient (Wildman–Crippen LogP) is 12.0. The van der Waals surface area contributed by atoms with E-state index < -0.39 is 0 Å². The van der Waals surface area contributed by atoms with Crippen LogP contribution in [0.2, 0.25) is 0 Å². The Bertz CT molecular complexity index is 2430. The Balaban J connectivity index is 1.16. The van der Waals surface area contributed by atoms with Crippen molar-refractivity contribution in [1.29, 1.82) is 0 Å². The van der Waals surface area contributed by atoms with Crippen LogP contribution in [0.4, 0.5) is 17.1 Å². The van der Waals surface area contributed by atoms with E-state index in [1.165, 1.54) is 52.5 Å². The van der Waals surface area contributed by atoms with E-state index in [2.05, 4.69) is 177 Å². The Morgan fingerprint density at radius 3 is 2.10 bits per heavy atom. The van der Waals surface area contributed by atoms with Crippen LogP contribution in [0.25, 0.3) is 27.6 Å². The predicted molar refractivity (Wildman–Crippen MR) is 216 cm³/mol. The third-order valence-corrected chi connectivity index (χ3v) is 12.2. The first-order chi connectivity index (χ1) is 25.2. The molecular weight excluding hydrogens is 637 g/mol. The summed E-state index contributed by atoms with van der Waals surface area (Å²) in [6.07, 6.45) is 5.59. The van der Waals surface area contributed by atoms with Crippen molar-refractivity contribution in [2.75, 3.05) is 23.5 Å². The van der Waals surface area contributed by atoms with E-state index in [0.29, 0.717) is 0 Å². The maximum atomic E-state index is 6.66. The lowest BCUT2D eigenvalue weighted by Crippen LogP contribution is -2.56. The Hall–Kier alpha value is -5.55. The molecule has 2 aliphatic rings. The van der Waals surface area contributed by atoms with Crippen LogP contribution in [-0.2, 0) is 5.41 Å². The molecule has 0 bridgehead atoms. The smallest absolute Gasteiger partial charge is 0.137 e. The quantitative estimate of drug-likeness (QED) is 0.175. The Morgan fingerprint density at radius 2 is 1.29 bits per heavy atom. The van der Waals surface area contributed by atoms with E-state index >= 15 is 0 Å². The zero-order chi connectivity index (χ0) is 35.7. The van der Waals surface area contributed by atoms with Gasteiger partial charge in [-0.3, -0.25) is 4.57 Å². The van der Waals surface area contributed by atoms with Crippen molar-refractivity contribution in [3.8, 4) is 17.3 Å². The minimum Gasteiger partial charge on any atom is -0.457 e. The van der Waals surface area contributed by atoms with Gasteiger partial charge >= 0.3 is 0 Å². The maximum Gasteiger partial charge on any atom is 0.137 e. The van der Waals surface area contributed by atoms with Crippen molar-refractivity contribution >= 4 is 38.9 Å². The summed E-state index contributed by atoms with van der Waals surface area (Å²) in [6, 6.07) is 47.9. The molecule has 1 saturated carbocycles. The minimum absolute atomic E-state index is 0.0255. The number of para-hydroxylation sites is 3. The summed E-state index contributed by atoms with van der Waals surface area (Å²) in [5, 5.41) is 2.38. The van der Waals surface area contributed by atoms with Crippen LogP contribution < -0.4 is 14.5 Å². The monoisotopic (exact) mass is 682 g/mol. The topological polar surface area (TPSA) is 33.5 Å². The van der Waals surface area contributed by atoms with Gasteiger partial charge in [0.05, 0.1) is 29.1 Å². The highest BCUT2D eigenvalue weighted by Crippen LogP contribution is 2.64. The van der Waals surface area contributed by atoms with E-state index in [-0.39, 0.29) is 16.2 Å². The Morgan fingerprint density at radius 1 is 0.596 bits per heavy atom. The third-order valence-electron chi connectivity index (χ3n) is 12.2. The van der Waals surface area contributed by atoms with E-state index in [1.807, 2.05) is 12.3 Å². The van der Waals surface area contributed by atoms with Gasteiger partial charge in [-0.05, 0) is 89.4 Å². The number of ether oxygens (including phenoxy) is 1. The average Bonchev–Trinajstić information content (AvgIpc) is 3.66. The molecule has 0 radical (unpaired) electrons. The zero-order valence-electron chi connectivity index (χ0n) is 30.8. The lowest BCUT2D eigenvalue weighted by atomic mass is 9.43. The molecule has 9 rings (SSSR count). The molecule has 1 aliphatic heterocycles. The highest BCUT2D eigenvalue weighted by Gasteiger charge is 2.58. The van der Waals surface area contributed by atoms with Gasteiger partial charge in [-0.2, -0.15) is 0 Å². The van der Waals surface area contributed by atoms with E-state index in [9.17, 15) is 0 Å². The lowest BCUT2D eigenvalue weighted by molar-refractivity contribution is 0.00547. The number of rotatable bonds is 6. The van der Waals surface area contributed by atoms with Crippen molar-refractivity contribution in [3.05, 3.63) is 151 Å².